The molecule has 0 saturated heterocycles. The molecule has 1 aromatic rings. The van der Waals surface area contributed by atoms with E-state index >= 15 is 0 Å². The van der Waals surface area contributed by atoms with Gasteiger partial charge in [0.05, 0.1) is 0 Å². The Morgan fingerprint density at radius 2 is 1.89 bits per heavy atom. The minimum absolute atomic E-state index is 0.126. The fourth-order valence-electron chi connectivity index (χ4n) is 1.54. The number of carbonyl (C=O) groups excluding carboxylic acids is 1. The molecule has 0 bridgehead atoms. The van der Waals surface area contributed by atoms with Gasteiger partial charge in [0.1, 0.15) is 11.5 Å². The first-order valence-corrected chi connectivity index (χ1v) is 6.37. The Bertz CT molecular complexity index is 353. The highest BCUT2D eigenvalue weighted by atomic mass is 16.3. The van der Waals surface area contributed by atoms with E-state index in [4.69, 9.17) is 0 Å². The van der Waals surface area contributed by atoms with Crippen LogP contribution in [0.3, 0.4) is 0 Å². The lowest BCUT2D eigenvalue weighted by Gasteiger charge is -2.16. The minimum atomic E-state index is 0.126. The fourth-order valence-corrected chi connectivity index (χ4v) is 1.54. The first-order chi connectivity index (χ1) is 8.67. The summed E-state index contributed by atoms with van der Waals surface area (Å²) in [7, 11) is 0. The maximum Gasteiger partial charge on any atom is 0.209 e. The Labute approximate surface area is 109 Å². The lowest BCUT2D eigenvalue weighted by molar-refractivity contribution is -0.118. The molecule has 1 amide bonds. The molecular weight excluding hydrogens is 230 g/mol. The van der Waals surface area contributed by atoms with Crippen LogP contribution in [0.1, 0.15) is 32.8 Å². The van der Waals surface area contributed by atoms with Gasteiger partial charge in [-0.2, -0.15) is 0 Å². The third-order valence-corrected chi connectivity index (χ3v) is 2.39. The maximum absolute atomic E-state index is 10.7. The Kier molecular flexibility index (Phi) is 8.45. The van der Waals surface area contributed by atoms with Gasteiger partial charge in [0, 0.05) is 13.1 Å². The lowest BCUT2D eigenvalue weighted by atomic mass is 10.1. The zero-order valence-corrected chi connectivity index (χ0v) is 11.4. The fraction of sp³-hybridized carbons (Fsp3) is 0.500. The van der Waals surface area contributed by atoms with Crippen LogP contribution >= 0.6 is 0 Å². The molecule has 1 rings (SSSR count). The van der Waals surface area contributed by atoms with Gasteiger partial charge in [0.2, 0.25) is 6.41 Å². The Morgan fingerprint density at radius 1 is 1.22 bits per heavy atom. The van der Waals surface area contributed by atoms with Crippen LogP contribution in [0.15, 0.2) is 18.2 Å². The summed E-state index contributed by atoms with van der Waals surface area (Å²) >= 11 is 0. The van der Waals surface area contributed by atoms with Crippen molar-refractivity contribution < 1.29 is 15.0 Å². The first-order valence-electron chi connectivity index (χ1n) is 6.37. The van der Waals surface area contributed by atoms with Gasteiger partial charge < -0.3 is 15.1 Å². The van der Waals surface area contributed by atoms with Crippen molar-refractivity contribution in [3.8, 4) is 11.5 Å². The molecule has 0 fully saturated rings. The van der Waals surface area contributed by atoms with Gasteiger partial charge in [0.15, 0.2) is 0 Å². The van der Waals surface area contributed by atoms with Gasteiger partial charge in [-0.15, -0.1) is 0 Å². The van der Waals surface area contributed by atoms with Crippen molar-refractivity contribution in [2.45, 2.75) is 33.6 Å². The standard InChI is InChI=1S/C12H17NO3.C2H6/c1-2-6-13(9-14)7-5-10-8-11(15)3-4-12(10)16;1-2/h3-4,8-9,15-16H,2,5-7H2,1H3;1-2H3. The summed E-state index contributed by atoms with van der Waals surface area (Å²) in [6, 6.07) is 4.41. The van der Waals surface area contributed by atoms with Gasteiger partial charge in [-0.05, 0) is 36.6 Å². The number of carbonyl (C=O) groups is 1. The van der Waals surface area contributed by atoms with E-state index in [0.29, 0.717) is 25.1 Å². The van der Waals surface area contributed by atoms with Crippen LogP contribution in [0.4, 0.5) is 0 Å². The van der Waals surface area contributed by atoms with Crippen LogP contribution in [-0.4, -0.2) is 34.6 Å². The number of nitrogens with zero attached hydrogens (tertiary/aromatic N) is 1. The van der Waals surface area contributed by atoms with Crippen molar-refractivity contribution in [1.29, 1.82) is 0 Å². The molecule has 4 heteroatoms. The summed E-state index contributed by atoms with van der Waals surface area (Å²) in [5.41, 5.74) is 0.656. The number of hydrogen-bond donors (Lipinski definition) is 2. The number of phenols is 2. The Morgan fingerprint density at radius 3 is 2.44 bits per heavy atom. The quantitative estimate of drug-likeness (QED) is 0.605. The third kappa shape index (κ3) is 5.57. The second-order valence-corrected chi connectivity index (χ2v) is 3.70. The van der Waals surface area contributed by atoms with Crippen LogP contribution in [0.5, 0.6) is 11.5 Å². The number of phenolic OH excluding ortho intramolecular Hbond substituents is 2. The second-order valence-electron chi connectivity index (χ2n) is 3.70. The number of hydrogen-bond acceptors (Lipinski definition) is 3. The Hall–Kier alpha value is -1.71. The smallest absolute Gasteiger partial charge is 0.209 e. The highest BCUT2D eigenvalue weighted by Crippen LogP contribution is 2.22. The van der Waals surface area contributed by atoms with Gasteiger partial charge >= 0.3 is 0 Å². The normalized spacial score (nSPS) is 9.28. The molecule has 0 saturated carbocycles. The molecule has 0 radical (unpaired) electrons. The van der Waals surface area contributed by atoms with Crippen LogP contribution in [0.25, 0.3) is 0 Å². The molecule has 0 aliphatic rings. The molecule has 0 atom stereocenters. The predicted molar refractivity (Wildman–Crippen MR) is 72.8 cm³/mol. The van der Waals surface area contributed by atoms with Crippen molar-refractivity contribution >= 4 is 6.41 Å². The SMILES string of the molecule is CC.CCCN(C=O)CCc1cc(O)ccc1O. The van der Waals surface area contributed by atoms with Crippen molar-refractivity contribution in [1.82, 2.24) is 4.90 Å². The molecule has 0 aliphatic heterocycles. The molecule has 0 aromatic heterocycles. The molecule has 0 heterocycles. The summed E-state index contributed by atoms with van der Waals surface area (Å²) in [6.45, 7) is 7.26. The van der Waals surface area contributed by atoms with E-state index in [9.17, 15) is 15.0 Å². The molecule has 0 aliphatic carbocycles. The van der Waals surface area contributed by atoms with Gasteiger partial charge in [-0.25, -0.2) is 0 Å². The van der Waals surface area contributed by atoms with E-state index in [1.54, 1.807) is 4.90 Å². The van der Waals surface area contributed by atoms with Crippen LogP contribution < -0.4 is 0 Å². The van der Waals surface area contributed by atoms with E-state index in [2.05, 4.69) is 0 Å². The van der Waals surface area contributed by atoms with Gasteiger partial charge in [-0.3, -0.25) is 4.79 Å². The summed E-state index contributed by atoms with van der Waals surface area (Å²) in [4.78, 5) is 12.3. The van der Waals surface area contributed by atoms with Gasteiger partial charge in [-0.1, -0.05) is 20.8 Å². The average molecular weight is 253 g/mol. The zero-order chi connectivity index (χ0) is 14.0. The van der Waals surface area contributed by atoms with E-state index in [1.165, 1.54) is 18.2 Å². The number of aromatic hydroxyl groups is 2. The minimum Gasteiger partial charge on any atom is -0.508 e. The van der Waals surface area contributed by atoms with Crippen molar-refractivity contribution in [3.63, 3.8) is 0 Å². The van der Waals surface area contributed by atoms with E-state index < -0.39 is 0 Å². The van der Waals surface area contributed by atoms with Crippen molar-refractivity contribution in [2.24, 2.45) is 0 Å². The lowest BCUT2D eigenvalue weighted by Crippen LogP contribution is -2.25. The summed E-state index contributed by atoms with van der Waals surface area (Å²) in [5, 5.41) is 18.8. The first kappa shape index (κ1) is 16.3. The molecular formula is C14H23NO3. The zero-order valence-electron chi connectivity index (χ0n) is 11.4. The van der Waals surface area contributed by atoms with Crippen LogP contribution in [-0.2, 0) is 11.2 Å². The third-order valence-electron chi connectivity index (χ3n) is 2.39. The maximum atomic E-state index is 10.7. The summed E-state index contributed by atoms with van der Waals surface area (Å²) in [6.07, 6.45) is 2.26. The molecule has 4 nitrogen and oxygen atoms in total. The molecule has 0 unspecified atom stereocenters. The number of benzene rings is 1. The number of amides is 1. The molecule has 2 N–H and O–H groups in total. The highest BCUT2D eigenvalue weighted by molar-refractivity contribution is 5.47. The van der Waals surface area contributed by atoms with Gasteiger partial charge in [0.25, 0.3) is 0 Å². The van der Waals surface area contributed by atoms with E-state index in [1.807, 2.05) is 20.8 Å². The second kappa shape index (κ2) is 9.33. The predicted octanol–water partition coefficient (Wildman–Crippen LogP) is 2.53. The number of rotatable bonds is 6. The summed E-state index contributed by atoms with van der Waals surface area (Å²) in [5.74, 6) is 0.279. The molecule has 18 heavy (non-hydrogen) atoms. The van der Waals surface area contributed by atoms with Crippen LogP contribution in [0, 0.1) is 0 Å². The largest absolute Gasteiger partial charge is 0.508 e. The van der Waals surface area contributed by atoms with Crippen molar-refractivity contribution in [3.05, 3.63) is 23.8 Å². The van der Waals surface area contributed by atoms with Crippen molar-refractivity contribution in [2.75, 3.05) is 13.1 Å². The Balaban J connectivity index is 0.00000137. The van der Waals surface area contributed by atoms with Crippen LogP contribution in [0.2, 0.25) is 0 Å². The highest BCUT2D eigenvalue weighted by Gasteiger charge is 2.05. The molecule has 0 spiro atoms. The monoisotopic (exact) mass is 253 g/mol. The molecule has 102 valence electrons. The topological polar surface area (TPSA) is 60.8 Å². The molecule has 1 aromatic carbocycles. The summed E-state index contributed by atoms with van der Waals surface area (Å²) < 4.78 is 0. The average Bonchev–Trinajstić information content (AvgIpc) is 2.40. The van der Waals surface area contributed by atoms with E-state index in [-0.39, 0.29) is 11.5 Å². The van der Waals surface area contributed by atoms with E-state index in [0.717, 1.165) is 12.8 Å².